The van der Waals surface area contributed by atoms with Crippen molar-refractivity contribution in [3.05, 3.63) is 28.3 Å². The highest BCUT2D eigenvalue weighted by molar-refractivity contribution is 7.99. The molecule has 1 aliphatic rings. The smallest absolute Gasteiger partial charge is 0.316 e. The minimum Gasteiger partial charge on any atom is -0.376 e. The van der Waals surface area contributed by atoms with E-state index in [0.717, 1.165) is 18.6 Å². The number of hydrogen-bond acceptors (Lipinski definition) is 6. The number of hydrazine groups is 1. The number of nitrogens with two attached hydrogens (primary N) is 1. The molecule has 20 heavy (non-hydrogen) atoms. The van der Waals surface area contributed by atoms with Crippen LogP contribution in [-0.4, -0.2) is 22.0 Å². The van der Waals surface area contributed by atoms with Crippen molar-refractivity contribution < 1.29 is 4.92 Å². The fourth-order valence-electron chi connectivity index (χ4n) is 2.68. The molecule has 1 aromatic carbocycles. The van der Waals surface area contributed by atoms with Gasteiger partial charge in [-0.3, -0.25) is 16.0 Å². The maximum absolute atomic E-state index is 11.2. The Labute approximate surface area is 122 Å². The van der Waals surface area contributed by atoms with Gasteiger partial charge < -0.3 is 10.7 Å². The first-order chi connectivity index (χ1) is 9.67. The Hall–Kier alpha value is -1.47. The lowest BCUT2D eigenvalue weighted by atomic mass is 10.2. The van der Waals surface area contributed by atoms with E-state index in [1.807, 2.05) is 11.8 Å². The highest BCUT2D eigenvalue weighted by Crippen LogP contribution is 2.37. The Balaban J connectivity index is 2.22. The molecule has 1 aromatic rings. The molecule has 0 heterocycles. The number of nitrogens with zero attached hydrogens (tertiary/aromatic N) is 1. The molecule has 0 aromatic heterocycles. The number of anilines is 2. The molecule has 0 aliphatic heterocycles. The van der Waals surface area contributed by atoms with Gasteiger partial charge in [0.2, 0.25) is 0 Å². The van der Waals surface area contributed by atoms with Gasteiger partial charge in [-0.1, -0.05) is 19.4 Å². The summed E-state index contributed by atoms with van der Waals surface area (Å²) in [6.07, 6.45) is 3.38. The standard InChI is InChI=1S/C13H20N4O2S/c1-2-20-12-8-4-5-9(12)15-10-6-3-7-11(16-14)13(10)17(18)19/h3,6-7,9,12,15-16H,2,4-5,8,14H2,1H3. The summed E-state index contributed by atoms with van der Waals surface area (Å²) in [6.45, 7) is 2.14. The number of benzene rings is 1. The van der Waals surface area contributed by atoms with Gasteiger partial charge in [0, 0.05) is 11.3 Å². The Morgan fingerprint density at radius 1 is 1.45 bits per heavy atom. The largest absolute Gasteiger partial charge is 0.376 e. The normalized spacial score (nSPS) is 21.7. The first-order valence-corrected chi connectivity index (χ1v) is 7.84. The van der Waals surface area contributed by atoms with Crippen molar-refractivity contribution in [2.24, 2.45) is 5.84 Å². The van der Waals surface area contributed by atoms with Crippen molar-refractivity contribution in [3.8, 4) is 0 Å². The van der Waals surface area contributed by atoms with Gasteiger partial charge in [0.15, 0.2) is 0 Å². The van der Waals surface area contributed by atoms with E-state index in [1.165, 1.54) is 6.42 Å². The third-order valence-corrected chi connectivity index (χ3v) is 4.87. The molecule has 0 bridgehead atoms. The third-order valence-electron chi connectivity index (χ3n) is 3.55. The van der Waals surface area contributed by atoms with E-state index >= 15 is 0 Å². The van der Waals surface area contributed by atoms with Crippen LogP contribution in [0.25, 0.3) is 0 Å². The number of para-hydroxylation sites is 1. The topological polar surface area (TPSA) is 93.2 Å². The van der Waals surface area contributed by atoms with Crippen molar-refractivity contribution in [3.63, 3.8) is 0 Å². The fourth-order valence-corrected chi connectivity index (χ4v) is 3.88. The summed E-state index contributed by atoms with van der Waals surface area (Å²) in [7, 11) is 0. The van der Waals surface area contributed by atoms with Crippen molar-refractivity contribution >= 4 is 28.8 Å². The SMILES string of the molecule is CCSC1CCCC1Nc1cccc(NN)c1[N+](=O)[O-]. The van der Waals surface area contributed by atoms with Crippen molar-refractivity contribution in [1.29, 1.82) is 0 Å². The molecule has 7 heteroatoms. The third kappa shape index (κ3) is 3.16. The van der Waals surface area contributed by atoms with Crippen LogP contribution < -0.4 is 16.6 Å². The minimum absolute atomic E-state index is 0.0159. The van der Waals surface area contributed by atoms with Crippen LogP contribution in [0.15, 0.2) is 18.2 Å². The molecular weight excluding hydrogens is 276 g/mol. The summed E-state index contributed by atoms with van der Waals surface area (Å²) >= 11 is 1.92. The van der Waals surface area contributed by atoms with Crippen LogP contribution >= 0.6 is 11.8 Å². The van der Waals surface area contributed by atoms with E-state index in [2.05, 4.69) is 17.7 Å². The molecule has 6 nitrogen and oxygen atoms in total. The summed E-state index contributed by atoms with van der Waals surface area (Å²) in [5, 5.41) is 15.1. The average Bonchev–Trinajstić information content (AvgIpc) is 2.86. The van der Waals surface area contributed by atoms with Crippen LogP contribution in [0.2, 0.25) is 0 Å². The van der Waals surface area contributed by atoms with E-state index in [-0.39, 0.29) is 11.7 Å². The highest BCUT2D eigenvalue weighted by atomic mass is 32.2. The summed E-state index contributed by atoms with van der Waals surface area (Å²) < 4.78 is 0. The zero-order chi connectivity index (χ0) is 14.5. The van der Waals surface area contributed by atoms with Crippen molar-refractivity contribution in [2.45, 2.75) is 37.5 Å². The van der Waals surface area contributed by atoms with Crippen LogP contribution in [0.5, 0.6) is 0 Å². The highest BCUT2D eigenvalue weighted by Gasteiger charge is 2.29. The van der Waals surface area contributed by atoms with E-state index in [9.17, 15) is 10.1 Å². The molecule has 1 fully saturated rings. The van der Waals surface area contributed by atoms with Crippen LogP contribution in [0.1, 0.15) is 26.2 Å². The summed E-state index contributed by atoms with van der Waals surface area (Å²) in [5.74, 6) is 6.42. The maximum atomic E-state index is 11.2. The van der Waals surface area contributed by atoms with E-state index < -0.39 is 4.92 Å². The lowest BCUT2D eigenvalue weighted by Gasteiger charge is -2.21. The summed E-state index contributed by atoms with van der Waals surface area (Å²) in [5.41, 5.74) is 3.28. The van der Waals surface area contributed by atoms with Crippen LogP contribution in [0, 0.1) is 10.1 Å². The number of nitrogen functional groups attached to an aromatic ring is 1. The monoisotopic (exact) mass is 296 g/mol. The number of nitro groups is 1. The average molecular weight is 296 g/mol. The first kappa shape index (κ1) is 14.9. The zero-order valence-corrected chi connectivity index (χ0v) is 12.3. The van der Waals surface area contributed by atoms with Gasteiger partial charge in [0.1, 0.15) is 11.4 Å². The van der Waals surface area contributed by atoms with Crippen molar-refractivity contribution in [1.82, 2.24) is 0 Å². The molecule has 0 spiro atoms. The van der Waals surface area contributed by atoms with E-state index in [0.29, 0.717) is 16.6 Å². The number of thioether (sulfide) groups is 1. The fraction of sp³-hybridized carbons (Fsp3) is 0.538. The molecule has 1 aliphatic carbocycles. The van der Waals surface area contributed by atoms with Gasteiger partial charge in [-0.2, -0.15) is 11.8 Å². The molecule has 0 radical (unpaired) electrons. The van der Waals surface area contributed by atoms with Gasteiger partial charge in [0.05, 0.1) is 4.92 Å². The van der Waals surface area contributed by atoms with Crippen molar-refractivity contribution in [2.75, 3.05) is 16.5 Å². The molecule has 4 N–H and O–H groups in total. The Bertz CT molecular complexity index is 483. The molecule has 2 atom stereocenters. The molecular formula is C13H20N4O2S. The van der Waals surface area contributed by atoms with Crippen LogP contribution in [0.4, 0.5) is 17.1 Å². The second-order valence-electron chi connectivity index (χ2n) is 4.78. The van der Waals surface area contributed by atoms with Crippen LogP contribution in [-0.2, 0) is 0 Å². The second-order valence-corrected chi connectivity index (χ2v) is 6.29. The molecule has 2 rings (SSSR count). The Morgan fingerprint density at radius 3 is 2.85 bits per heavy atom. The molecule has 0 saturated heterocycles. The van der Waals surface area contributed by atoms with E-state index in [4.69, 9.17) is 5.84 Å². The number of nitrogens with one attached hydrogen (secondary N) is 2. The summed E-state index contributed by atoms with van der Waals surface area (Å²) in [6, 6.07) is 5.40. The number of nitro benzene ring substituents is 1. The Morgan fingerprint density at radius 2 is 2.20 bits per heavy atom. The quantitative estimate of drug-likeness (QED) is 0.424. The minimum atomic E-state index is -0.394. The zero-order valence-electron chi connectivity index (χ0n) is 11.5. The molecule has 2 unspecified atom stereocenters. The molecule has 110 valence electrons. The summed E-state index contributed by atoms with van der Waals surface area (Å²) in [4.78, 5) is 10.9. The van der Waals surface area contributed by atoms with Gasteiger partial charge in [-0.15, -0.1) is 0 Å². The first-order valence-electron chi connectivity index (χ1n) is 6.79. The molecule has 1 saturated carbocycles. The predicted molar refractivity (Wildman–Crippen MR) is 84.1 cm³/mol. The molecule has 0 amide bonds. The maximum Gasteiger partial charge on any atom is 0.316 e. The van der Waals surface area contributed by atoms with Gasteiger partial charge in [-0.05, 0) is 30.7 Å². The predicted octanol–water partition coefficient (Wildman–Crippen LogP) is 2.97. The van der Waals surface area contributed by atoms with Gasteiger partial charge in [-0.25, -0.2) is 0 Å². The number of hydrogen-bond donors (Lipinski definition) is 3. The van der Waals surface area contributed by atoms with Gasteiger partial charge >= 0.3 is 5.69 Å². The Kier molecular flexibility index (Phi) is 5.08. The lowest BCUT2D eigenvalue weighted by Crippen LogP contribution is -2.26. The van der Waals surface area contributed by atoms with E-state index in [1.54, 1.807) is 18.2 Å². The van der Waals surface area contributed by atoms with Crippen LogP contribution in [0.3, 0.4) is 0 Å². The number of rotatable bonds is 6. The lowest BCUT2D eigenvalue weighted by molar-refractivity contribution is -0.383. The second kappa shape index (κ2) is 6.81. The van der Waals surface area contributed by atoms with Gasteiger partial charge in [0.25, 0.3) is 0 Å².